The Labute approximate surface area is 100 Å². The molecule has 2 nitrogen and oxygen atoms in total. The van der Waals surface area contributed by atoms with Crippen LogP contribution in [-0.4, -0.2) is 12.1 Å². The molecule has 0 atom stereocenters. The summed E-state index contributed by atoms with van der Waals surface area (Å²) < 4.78 is 18.4. The smallest absolute Gasteiger partial charge is 0.212 e. The topological polar surface area (TPSA) is 22.1 Å². The van der Waals surface area contributed by atoms with Crippen molar-refractivity contribution in [3.05, 3.63) is 47.4 Å². The summed E-state index contributed by atoms with van der Waals surface area (Å²) >= 11 is 0. The molecule has 1 aromatic heterocycles. The first-order valence-corrected chi connectivity index (χ1v) is 5.39. The quantitative estimate of drug-likeness (QED) is 0.789. The van der Waals surface area contributed by atoms with Gasteiger partial charge in [0.15, 0.2) is 0 Å². The first kappa shape index (κ1) is 11.6. The highest BCUT2D eigenvalue weighted by atomic mass is 19.1. The molecule has 0 radical (unpaired) electrons. The lowest BCUT2D eigenvalue weighted by atomic mass is 9.99. The van der Waals surface area contributed by atoms with Crippen LogP contribution in [0, 0.1) is 19.7 Å². The molecule has 2 rings (SSSR count). The standard InChI is InChI=1S/C14H14FNO/c1-9-7-13(15)10(2)6-12(9)11-4-5-14(17-3)16-8-11/h4-8H,1-3H3. The number of ether oxygens (including phenoxy) is 1. The molecule has 0 fully saturated rings. The van der Waals surface area contributed by atoms with Crippen molar-refractivity contribution in [1.82, 2.24) is 4.98 Å². The molecule has 0 bridgehead atoms. The van der Waals surface area contributed by atoms with E-state index in [1.807, 2.05) is 19.1 Å². The molecule has 17 heavy (non-hydrogen) atoms. The first-order chi connectivity index (χ1) is 8.11. The van der Waals surface area contributed by atoms with Crippen molar-refractivity contribution in [2.24, 2.45) is 0 Å². The average molecular weight is 231 g/mol. The molecule has 0 aliphatic heterocycles. The minimum Gasteiger partial charge on any atom is -0.481 e. The molecule has 0 amide bonds. The van der Waals surface area contributed by atoms with E-state index < -0.39 is 0 Å². The fourth-order valence-corrected chi connectivity index (χ4v) is 1.75. The van der Waals surface area contributed by atoms with Gasteiger partial charge in [-0.1, -0.05) is 0 Å². The molecule has 0 saturated carbocycles. The number of rotatable bonds is 2. The van der Waals surface area contributed by atoms with Gasteiger partial charge in [-0.05, 0) is 48.7 Å². The molecular formula is C14H14FNO. The maximum Gasteiger partial charge on any atom is 0.212 e. The molecule has 2 aromatic rings. The number of halogens is 1. The van der Waals surface area contributed by atoms with Crippen LogP contribution in [-0.2, 0) is 0 Å². The summed E-state index contributed by atoms with van der Waals surface area (Å²) in [6.45, 7) is 3.65. The zero-order valence-corrected chi connectivity index (χ0v) is 10.1. The van der Waals surface area contributed by atoms with Gasteiger partial charge in [-0.15, -0.1) is 0 Å². The Bertz CT molecular complexity index is 535. The summed E-state index contributed by atoms with van der Waals surface area (Å²) in [6, 6.07) is 7.11. The number of aryl methyl sites for hydroxylation is 2. The van der Waals surface area contributed by atoms with Crippen LogP contribution in [0.1, 0.15) is 11.1 Å². The molecule has 0 aliphatic carbocycles. The maximum absolute atomic E-state index is 13.4. The summed E-state index contributed by atoms with van der Waals surface area (Å²) in [5, 5.41) is 0. The van der Waals surface area contributed by atoms with Gasteiger partial charge in [0.1, 0.15) is 5.82 Å². The Kier molecular flexibility index (Phi) is 3.09. The third-order valence-corrected chi connectivity index (χ3v) is 2.76. The van der Waals surface area contributed by atoms with Gasteiger partial charge in [0, 0.05) is 17.8 Å². The summed E-state index contributed by atoms with van der Waals surface area (Å²) in [5.41, 5.74) is 3.51. The monoisotopic (exact) mass is 231 g/mol. The molecule has 0 aliphatic rings. The largest absolute Gasteiger partial charge is 0.481 e. The third-order valence-electron chi connectivity index (χ3n) is 2.76. The van der Waals surface area contributed by atoms with E-state index in [9.17, 15) is 4.39 Å². The van der Waals surface area contributed by atoms with Gasteiger partial charge in [-0.3, -0.25) is 0 Å². The highest BCUT2D eigenvalue weighted by Gasteiger charge is 2.06. The molecule has 0 N–H and O–H groups in total. The van der Waals surface area contributed by atoms with E-state index in [2.05, 4.69) is 4.98 Å². The molecule has 88 valence electrons. The predicted molar refractivity (Wildman–Crippen MR) is 65.7 cm³/mol. The number of nitrogens with zero attached hydrogens (tertiary/aromatic N) is 1. The zero-order valence-electron chi connectivity index (χ0n) is 10.1. The Morgan fingerprint density at radius 3 is 2.47 bits per heavy atom. The second-order valence-corrected chi connectivity index (χ2v) is 4.01. The van der Waals surface area contributed by atoms with Gasteiger partial charge in [-0.25, -0.2) is 9.37 Å². The normalized spacial score (nSPS) is 10.4. The van der Waals surface area contributed by atoms with Crippen LogP contribution in [0.4, 0.5) is 4.39 Å². The number of aromatic nitrogens is 1. The minimum atomic E-state index is -0.173. The number of benzene rings is 1. The van der Waals surface area contributed by atoms with Crippen molar-refractivity contribution in [3.8, 4) is 17.0 Å². The fraction of sp³-hybridized carbons (Fsp3) is 0.214. The van der Waals surface area contributed by atoms with E-state index in [4.69, 9.17) is 4.74 Å². The van der Waals surface area contributed by atoms with Gasteiger partial charge in [0.2, 0.25) is 5.88 Å². The van der Waals surface area contributed by atoms with E-state index in [0.29, 0.717) is 11.4 Å². The molecule has 1 heterocycles. The number of pyridine rings is 1. The third kappa shape index (κ3) is 2.28. The van der Waals surface area contributed by atoms with E-state index in [-0.39, 0.29) is 5.82 Å². The Morgan fingerprint density at radius 2 is 1.88 bits per heavy atom. The van der Waals surface area contributed by atoms with Crippen molar-refractivity contribution in [2.45, 2.75) is 13.8 Å². The Hall–Kier alpha value is -1.90. The molecular weight excluding hydrogens is 217 g/mol. The predicted octanol–water partition coefficient (Wildman–Crippen LogP) is 3.51. The van der Waals surface area contributed by atoms with Gasteiger partial charge in [-0.2, -0.15) is 0 Å². The van der Waals surface area contributed by atoms with Crippen LogP contribution >= 0.6 is 0 Å². The average Bonchev–Trinajstić information content (AvgIpc) is 2.34. The lowest BCUT2D eigenvalue weighted by Gasteiger charge is -2.08. The zero-order chi connectivity index (χ0) is 12.4. The lowest BCUT2D eigenvalue weighted by Crippen LogP contribution is -1.91. The van der Waals surface area contributed by atoms with Gasteiger partial charge in [0.05, 0.1) is 7.11 Å². The highest BCUT2D eigenvalue weighted by molar-refractivity contribution is 5.67. The van der Waals surface area contributed by atoms with Crippen molar-refractivity contribution >= 4 is 0 Å². The minimum absolute atomic E-state index is 0.173. The van der Waals surface area contributed by atoms with E-state index >= 15 is 0 Å². The van der Waals surface area contributed by atoms with Gasteiger partial charge in [0.25, 0.3) is 0 Å². The van der Waals surface area contributed by atoms with Crippen LogP contribution in [0.3, 0.4) is 0 Å². The van der Waals surface area contributed by atoms with E-state index in [0.717, 1.165) is 16.7 Å². The van der Waals surface area contributed by atoms with Crippen LogP contribution in [0.15, 0.2) is 30.5 Å². The van der Waals surface area contributed by atoms with Crippen molar-refractivity contribution < 1.29 is 9.13 Å². The van der Waals surface area contributed by atoms with Gasteiger partial charge < -0.3 is 4.74 Å². The molecule has 0 unspecified atom stereocenters. The molecule has 3 heteroatoms. The number of hydrogen-bond donors (Lipinski definition) is 0. The molecule has 0 spiro atoms. The van der Waals surface area contributed by atoms with Gasteiger partial charge >= 0.3 is 0 Å². The summed E-state index contributed by atoms with van der Waals surface area (Å²) in [5.74, 6) is 0.401. The maximum atomic E-state index is 13.4. The van der Waals surface area contributed by atoms with E-state index in [1.54, 1.807) is 32.4 Å². The van der Waals surface area contributed by atoms with Crippen molar-refractivity contribution in [3.63, 3.8) is 0 Å². The van der Waals surface area contributed by atoms with Crippen LogP contribution in [0.5, 0.6) is 5.88 Å². The van der Waals surface area contributed by atoms with Crippen LogP contribution < -0.4 is 4.74 Å². The summed E-state index contributed by atoms with van der Waals surface area (Å²) in [4.78, 5) is 4.15. The van der Waals surface area contributed by atoms with Crippen LogP contribution in [0.25, 0.3) is 11.1 Å². The molecule has 1 aromatic carbocycles. The number of hydrogen-bond acceptors (Lipinski definition) is 2. The van der Waals surface area contributed by atoms with Crippen LogP contribution in [0.2, 0.25) is 0 Å². The Morgan fingerprint density at radius 1 is 1.12 bits per heavy atom. The van der Waals surface area contributed by atoms with Crippen molar-refractivity contribution in [2.75, 3.05) is 7.11 Å². The SMILES string of the molecule is COc1ccc(-c2cc(C)c(F)cc2C)cn1. The summed E-state index contributed by atoms with van der Waals surface area (Å²) in [6.07, 6.45) is 1.73. The Balaban J connectivity index is 2.48. The highest BCUT2D eigenvalue weighted by Crippen LogP contribution is 2.26. The van der Waals surface area contributed by atoms with E-state index in [1.165, 1.54) is 0 Å². The van der Waals surface area contributed by atoms with Crippen molar-refractivity contribution in [1.29, 1.82) is 0 Å². The second-order valence-electron chi connectivity index (χ2n) is 4.01. The molecule has 0 saturated heterocycles. The first-order valence-electron chi connectivity index (χ1n) is 5.39. The summed E-state index contributed by atoms with van der Waals surface area (Å²) in [7, 11) is 1.58. The second kappa shape index (κ2) is 4.53. The fourth-order valence-electron chi connectivity index (χ4n) is 1.75. The lowest BCUT2D eigenvalue weighted by molar-refractivity contribution is 0.398. The number of methoxy groups -OCH3 is 1.